The van der Waals surface area contributed by atoms with Crippen LogP contribution in [0.1, 0.15) is 31.4 Å². The molecule has 1 amide bonds. The zero-order valence-corrected chi connectivity index (χ0v) is 15.7. The predicted molar refractivity (Wildman–Crippen MR) is 108 cm³/mol. The van der Waals surface area contributed by atoms with Gasteiger partial charge in [0.1, 0.15) is 0 Å². The lowest BCUT2D eigenvalue weighted by Gasteiger charge is -2.22. The van der Waals surface area contributed by atoms with E-state index in [1.807, 2.05) is 31.2 Å². The van der Waals surface area contributed by atoms with E-state index in [4.69, 9.17) is 0 Å². The molecule has 2 rings (SSSR count). The summed E-state index contributed by atoms with van der Waals surface area (Å²) in [5.74, 6) is 0.0220. The van der Waals surface area contributed by atoms with E-state index in [9.17, 15) is 4.79 Å². The summed E-state index contributed by atoms with van der Waals surface area (Å²) in [6.45, 7) is 11.1. The molecular formula is C21H29N3O. The molecule has 4 nitrogen and oxygen atoms in total. The summed E-state index contributed by atoms with van der Waals surface area (Å²) in [5, 5.41) is 6.29. The third kappa shape index (κ3) is 5.52. The maximum absolute atomic E-state index is 12.0. The van der Waals surface area contributed by atoms with Crippen molar-refractivity contribution >= 4 is 23.0 Å². The largest absolute Gasteiger partial charge is 0.384 e. The summed E-state index contributed by atoms with van der Waals surface area (Å²) < 4.78 is 0. The molecule has 0 saturated carbocycles. The summed E-state index contributed by atoms with van der Waals surface area (Å²) in [7, 11) is 0. The monoisotopic (exact) mass is 339 g/mol. The molecule has 2 N–H and O–H groups in total. The van der Waals surface area contributed by atoms with Gasteiger partial charge < -0.3 is 15.5 Å². The quantitative estimate of drug-likeness (QED) is 0.739. The molecule has 2 aromatic carbocycles. The molecule has 0 aliphatic heterocycles. The summed E-state index contributed by atoms with van der Waals surface area (Å²) in [6, 6.07) is 14.3. The Morgan fingerprint density at radius 1 is 1.00 bits per heavy atom. The fourth-order valence-corrected chi connectivity index (χ4v) is 2.80. The summed E-state index contributed by atoms with van der Waals surface area (Å²) in [5.41, 5.74) is 5.55. The molecule has 0 atom stereocenters. The molecule has 0 fully saturated rings. The van der Waals surface area contributed by atoms with Gasteiger partial charge in [0.25, 0.3) is 0 Å². The minimum absolute atomic E-state index is 0.0220. The minimum Gasteiger partial charge on any atom is -0.384 e. The van der Waals surface area contributed by atoms with E-state index in [2.05, 4.69) is 54.5 Å². The maximum atomic E-state index is 12.0. The molecule has 0 spiro atoms. The van der Waals surface area contributed by atoms with Crippen LogP contribution in [0.3, 0.4) is 0 Å². The highest BCUT2D eigenvalue weighted by atomic mass is 16.1. The van der Waals surface area contributed by atoms with E-state index in [1.165, 1.54) is 16.8 Å². The van der Waals surface area contributed by atoms with Gasteiger partial charge in [0, 0.05) is 43.1 Å². The highest BCUT2D eigenvalue weighted by Gasteiger charge is 2.06. The van der Waals surface area contributed by atoms with Crippen LogP contribution < -0.4 is 15.5 Å². The van der Waals surface area contributed by atoms with Crippen molar-refractivity contribution in [2.24, 2.45) is 0 Å². The van der Waals surface area contributed by atoms with Crippen LogP contribution >= 0.6 is 0 Å². The Labute approximate surface area is 151 Å². The van der Waals surface area contributed by atoms with Crippen molar-refractivity contribution in [1.29, 1.82) is 0 Å². The van der Waals surface area contributed by atoms with Gasteiger partial charge in [-0.15, -0.1) is 0 Å². The van der Waals surface area contributed by atoms with Crippen molar-refractivity contribution in [2.45, 2.75) is 34.1 Å². The Morgan fingerprint density at radius 3 is 2.28 bits per heavy atom. The van der Waals surface area contributed by atoms with Gasteiger partial charge in [-0.25, -0.2) is 0 Å². The van der Waals surface area contributed by atoms with Crippen LogP contribution in [0.2, 0.25) is 0 Å². The fraction of sp³-hybridized carbons (Fsp3) is 0.381. The highest BCUT2D eigenvalue weighted by molar-refractivity contribution is 5.91. The molecule has 0 bridgehead atoms. The first-order valence-corrected chi connectivity index (χ1v) is 8.99. The van der Waals surface area contributed by atoms with E-state index in [1.54, 1.807) is 0 Å². The van der Waals surface area contributed by atoms with Gasteiger partial charge in [0.15, 0.2) is 0 Å². The Morgan fingerprint density at radius 2 is 1.68 bits per heavy atom. The first-order valence-electron chi connectivity index (χ1n) is 8.99. The molecule has 0 aliphatic rings. The van der Waals surface area contributed by atoms with Gasteiger partial charge in [0.05, 0.1) is 0 Å². The van der Waals surface area contributed by atoms with Crippen LogP contribution in [0.15, 0.2) is 42.5 Å². The molecule has 0 saturated heterocycles. The average molecular weight is 339 g/mol. The number of aryl methyl sites for hydroxylation is 2. The number of rotatable bonds is 8. The molecule has 0 aliphatic carbocycles. The van der Waals surface area contributed by atoms with Crippen molar-refractivity contribution in [3.63, 3.8) is 0 Å². The van der Waals surface area contributed by atoms with Crippen molar-refractivity contribution in [3.8, 4) is 0 Å². The van der Waals surface area contributed by atoms with E-state index in [0.29, 0.717) is 13.0 Å². The molecule has 0 unspecified atom stereocenters. The summed E-state index contributed by atoms with van der Waals surface area (Å²) in [4.78, 5) is 14.4. The number of anilines is 3. The number of amides is 1. The Kier molecular flexibility index (Phi) is 6.87. The lowest BCUT2D eigenvalue weighted by atomic mass is 10.1. The number of hydrogen-bond acceptors (Lipinski definition) is 3. The standard InChI is InChI=1S/C21H29N3O/c1-5-24(6-2)19-11-12-20(17(4)15-19)22-14-13-21(25)23-18-9-7-16(3)8-10-18/h7-12,15,22H,5-6,13-14H2,1-4H3,(H,23,25). The summed E-state index contributed by atoms with van der Waals surface area (Å²) in [6.07, 6.45) is 0.436. The maximum Gasteiger partial charge on any atom is 0.226 e. The van der Waals surface area contributed by atoms with Gasteiger partial charge in [-0.2, -0.15) is 0 Å². The highest BCUT2D eigenvalue weighted by Crippen LogP contribution is 2.22. The number of hydrogen-bond donors (Lipinski definition) is 2. The average Bonchev–Trinajstić information content (AvgIpc) is 2.60. The molecule has 0 heterocycles. The van der Waals surface area contributed by atoms with Crippen LogP contribution in [0.5, 0.6) is 0 Å². The second-order valence-corrected chi connectivity index (χ2v) is 6.26. The molecule has 0 radical (unpaired) electrons. The van der Waals surface area contributed by atoms with Gasteiger partial charge in [0.2, 0.25) is 5.91 Å². The van der Waals surface area contributed by atoms with Gasteiger partial charge in [-0.05, 0) is 63.6 Å². The predicted octanol–water partition coefficient (Wildman–Crippen LogP) is 4.59. The second-order valence-electron chi connectivity index (χ2n) is 6.26. The smallest absolute Gasteiger partial charge is 0.226 e. The van der Waals surface area contributed by atoms with Crippen molar-refractivity contribution < 1.29 is 4.79 Å². The number of carbonyl (C=O) groups is 1. The van der Waals surface area contributed by atoms with Crippen LogP contribution in [0.25, 0.3) is 0 Å². The molecule has 25 heavy (non-hydrogen) atoms. The Balaban J connectivity index is 1.84. The number of carbonyl (C=O) groups excluding carboxylic acids is 1. The first kappa shape index (κ1) is 18.8. The molecule has 2 aromatic rings. The van der Waals surface area contributed by atoms with E-state index < -0.39 is 0 Å². The van der Waals surface area contributed by atoms with E-state index in [-0.39, 0.29) is 5.91 Å². The van der Waals surface area contributed by atoms with Crippen LogP contribution in [-0.2, 0) is 4.79 Å². The van der Waals surface area contributed by atoms with Crippen LogP contribution in [0.4, 0.5) is 17.1 Å². The van der Waals surface area contributed by atoms with E-state index in [0.717, 1.165) is 24.5 Å². The molecule has 4 heteroatoms. The zero-order valence-electron chi connectivity index (χ0n) is 15.7. The number of benzene rings is 2. The topological polar surface area (TPSA) is 44.4 Å². The molecule has 0 aromatic heterocycles. The third-order valence-electron chi connectivity index (χ3n) is 4.34. The zero-order chi connectivity index (χ0) is 18.2. The van der Waals surface area contributed by atoms with Crippen molar-refractivity contribution in [3.05, 3.63) is 53.6 Å². The minimum atomic E-state index is 0.0220. The second kappa shape index (κ2) is 9.11. The Hall–Kier alpha value is -2.49. The fourth-order valence-electron chi connectivity index (χ4n) is 2.80. The van der Waals surface area contributed by atoms with Gasteiger partial charge in [-0.1, -0.05) is 17.7 Å². The first-order chi connectivity index (χ1) is 12.0. The Bertz CT molecular complexity index is 691. The number of nitrogens with zero attached hydrogens (tertiary/aromatic N) is 1. The SMILES string of the molecule is CCN(CC)c1ccc(NCCC(=O)Nc2ccc(C)cc2)c(C)c1. The normalized spacial score (nSPS) is 10.4. The lowest BCUT2D eigenvalue weighted by Crippen LogP contribution is -2.22. The third-order valence-corrected chi connectivity index (χ3v) is 4.34. The molecule has 134 valence electrons. The van der Waals surface area contributed by atoms with Crippen LogP contribution in [0, 0.1) is 13.8 Å². The van der Waals surface area contributed by atoms with Gasteiger partial charge >= 0.3 is 0 Å². The van der Waals surface area contributed by atoms with Crippen molar-refractivity contribution in [2.75, 3.05) is 35.2 Å². The number of nitrogens with one attached hydrogen (secondary N) is 2. The van der Waals surface area contributed by atoms with Crippen LogP contribution in [-0.4, -0.2) is 25.5 Å². The molecular weight excluding hydrogens is 310 g/mol. The van der Waals surface area contributed by atoms with E-state index >= 15 is 0 Å². The van der Waals surface area contributed by atoms with Crippen molar-refractivity contribution in [1.82, 2.24) is 0 Å². The van der Waals surface area contributed by atoms with Gasteiger partial charge in [-0.3, -0.25) is 4.79 Å². The summed E-state index contributed by atoms with van der Waals surface area (Å²) >= 11 is 0. The lowest BCUT2D eigenvalue weighted by molar-refractivity contribution is -0.115.